The fraction of sp³-hybridized carbons (Fsp3) is 0.261. The van der Waals surface area contributed by atoms with E-state index < -0.39 is 23.5 Å². The van der Waals surface area contributed by atoms with Gasteiger partial charge in [-0.15, -0.1) is 0 Å². The Morgan fingerprint density at radius 2 is 1.69 bits per heavy atom. The van der Waals surface area contributed by atoms with Crippen molar-refractivity contribution in [2.45, 2.75) is 31.9 Å². The summed E-state index contributed by atoms with van der Waals surface area (Å²) in [5.41, 5.74) is 1.73. The van der Waals surface area contributed by atoms with Crippen LogP contribution in [0.15, 0.2) is 73.0 Å². The molecule has 2 nitrogen and oxygen atoms in total. The molecule has 1 atom stereocenters. The summed E-state index contributed by atoms with van der Waals surface area (Å²) < 4.78 is 52.2. The molecular formula is C23H25F4NO. The third-order valence-electron chi connectivity index (χ3n) is 4.40. The lowest BCUT2D eigenvalue weighted by Crippen LogP contribution is -2.13. The van der Waals surface area contributed by atoms with Crippen molar-refractivity contribution in [3.05, 3.63) is 95.5 Å². The second-order valence-electron chi connectivity index (χ2n) is 6.28. The van der Waals surface area contributed by atoms with Crippen molar-refractivity contribution in [2.75, 3.05) is 7.05 Å². The van der Waals surface area contributed by atoms with Crippen molar-refractivity contribution in [2.24, 2.45) is 0 Å². The molecule has 0 aliphatic rings. The zero-order valence-corrected chi connectivity index (χ0v) is 16.5. The number of alkyl halides is 3. The van der Waals surface area contributed by atoms with E-state index in [1.165, 1.54) is 42.5 Å². The molecule has 0 amide bonds. The van der Waals surface area contributed by atoms with Gasteiger partial charge in [0.15, 0.2) is 0 Å². The number of likely N-dealkylation sites (N-methyl/N-ethyl adjacent to an activating group) is 1. The minimum Gasteiger partial charge on any atom is -0.388 e. The monoisotopic (exact) mass is 407 g/mol. The maximum atomic E-state index is 13.1. The van der Waals surface area contributed by atoms with Gasteiger partial charge in [0.1, 0.15) is 12.1 Å². The Balaban J connectivity index is 0.000000447. The van der Waals surface area contributed by atoms with Gasteiger partial charge in [-0.25, -0.2) is 4.39 Å². The first-order valence-electron chi connectivity index (χ1n) is 9.05. The fourth-order valence-corrected chi connectivity index (χ4v) is 2.68. The molecule has 0 bridgehead atoms. The van der Waals surface area contributed by atoms with Gasteiger partial charge in [0, 0.05) is 25.1 Å². The van der Waals surface area contributed by atoms with Crippen LogP contribution >= 0.6 is 0 Å². The fourth-order valence-electron chi connectivity index (χ4n) is 2.68. The van der Waals surface area contributed by atoms with Crippen LogP contribution in [0.4, 0.5) is 17.6 Å². The van der Waals surface area contributed by atoms with Crippen LogP contribution in [0, 0.1) is 5.82 Å². The standard InChI is InChI=1S/C16H12F4O.C7H13N/c17-12-7-5-11(6-8-12)13(9-10-21)14-3-1-2-4-15(14)16(18,19)20;1-5-6(2)7(3)8-4/h1-8,10,13H,9H2;8H,2-3,5H2,1,4H3/t13-;/m0./s1. The molecule has 0 aliphatic heterocycles. The van der Waals surface area contributed by atoms with E-state index in [0.717, 1.165) is 23.8 Å². The highest BCUT2D eigenvalue weighted by atomic mass is 19.4. The molecular weight excluding hydrogens is 382 g/mol. The van der Waals surface area contributed by atoms with Gasteiger partial charge in [0.2, 0.25) is 0 Å². The molecule has 0 spiro atoms. The Kier molecular flexibility index (Phi) is 9.32. The minimum atomic E-state index is -4.50. The van der Waals surface area contributed by atoms with Crippen molar-refractivity contribution in [1.82, 2.24) is 5.32 Å². The molecule has 2 aromatic carbocycles. The van der Waals surface area contributed by atoms with Gasteiger partial charge in [0.05, 0.1) is 5.56 Å². The lowest BCUT2D eigenvalue weighted by atomic mass is 9.86. The van der Waals surface area contributed by atoms with E-state index in [9.17, 15) is 22.4 Å². The van der Waals surface area contributed by atoms with E-state index in [0.29, 0.717) is 11.8 Å². The number of allylic oxidation sites excluding steroid dienone is 1. The van der Waals surface area contributed by atoms with Gasteiger partial charge in [-0.05, 0) is 41.3 Å². The van der Waals surface area contributed by atoms with Gasteiger partial charge >= 0.3 is 6.18 Å². The van der Waals surface area contributed by atoms with E-state index in [4.69, 9.17) is 0 Å². The highest BCUT2D eigenvalue weighted by Crippen LogP contribution is 2.38. The number of nitrogens with one attached hydrogen (secondary N) is 1. The molecule has 6 heteroatoms. The highest BCUT2D eigenvalue weighted by Gasteiger charge is 2.35. The first-order valence-corrected chi connectivity index (χ1v) is 9.05. The number of hydrogen-bond donors (Lipinski definition) is 1. The van der Waals surface area contributed by atoms with E-state index in [-0.39, 0.29) is 12.0 Å². The zero-order valence-electron chi connectivity index (χ0n) is 16.5. The molecule has 2 rings (SSSR count). The second kappa shape index (κ2) is 11.2. The lowest BCUT2D eigenvalue weighted by molar-refractivity contribution is -0.138. The average Bonchev–Trinajstić information content (AvgIpc) is 2.71. The number of aldehydes is 1. The first kappa shape index (κ1) is 24.1. The third-order valence-corrected chi connectivity index (χ3v) is 4.40. The summed E-state index contributed by atoms with van der Waals surface area (Å²) in [6.45, 7) is 9.58. The van der Waals surface area contributed by atoms with Crippen LogP contribution < -0.4 is 5.32 Å². The summed E-state index contributed by atoms with van der Waals surface area (Å²) in [7, 11) is 1.85. The summed E-state index contributed by atoms with van der Waals surface area (Å²) in [5.74, 6) is -1.23. The number of carbonyl (C=O) groups is 1. The van der Waals surface area contributed by atoms with Crippen molar-refractivity contribution >= 4 is 6.29 Å². The molecule has 29 heavy (non-hydrogen) atoms. The van der Waals surface area contributed by atoms with Crippen LogP contribution in [0.2, 0.25) is 0 Å². The van der Waals surface area contributed by atoms with Gasteiger partial charge in [0.25, 0.3) is 0 Å². The number of halogens is 4. The summed E-state index contributed by atoms with van der Waals surface area (Å²) in [4.78, 5) is 10.8. The lowest BCUT2D eigenvalue weighted by Gasteiger charge is -2.20. The second-order valence-corrected chi connectivity index (χ2v) is 6.28. The Hall–Kier alpha value is -2.89. The van der Waals surface area contributed by atoms with Gasteiger partial charge < -0.3 is 10.1 Å². The molecule has 0 unspecified atom stereocenters. The predicted molar refractivity (Wildman–Crippen MR) is 108 cm³/mol. The summed E-state index contributed by atoms with van der Waals surface area (Å²) in [6, 6.07) is 10.3. The molecule has 0 saturated carbocycles. The Morgan fingerprint density at radius 3 is 2.14 bits per heavy atom. The van der Waals surface area contributed by atoms with Crippen LogP contribution in [-0.2, 0) is 11.0 Å². The highest BCUT2D eigenvalue weighted by molar-refractivity contribution is 5.55. The first-order chi connectivity index (χ1) is 13.6. The molecule has 2 aromatic rings. The molecule has 0 saturated heterocycles. The third kappa shape index (κ3) is 7.22. The number of hydrogen-bond acceptors (Lipinski definition) is 2. The normalized spacial score (nSPS) is 11.7. The number of carbonyl (C=O) groups excluding carboxylic acids is 1. The summed E-state index contributed by atoms with van der Waals surface area (Å²) >= 11 is 0. The van der Waals surface area contributed by atoms with Gasteiger partial charge in [-0.3, -0.25) is 0 Å². The maximum Gasteiger partial charge on any atom is 0.416 e. The van der Waals surface area contributed by atoms with E-state index in [1.54, 1.807) is 0 Å². The van der Waals surface area contributed by atoms with Crippen LogP contribution in [0.3, 0.4) is 0 Å². The molecule has 156 valence electrons. The van der Waals surface area contributed by atoms with E-state index in [2.05, 4.69) is 25.4 Å². The SMILES string of the molecule is C=C(CC)C(=C)NC.O=CC[C@@H](c1ccc(F)cc1)c1ccccc1C(F)(F)F. The van der Waals surface area contributed by atoms with Gasteiger partial charge in [-0.2, -0.15) is 13.2 Å². The molecule has 0 heterocycles. The Labute approximate surface area is 169 Å². The molecule has 0 aromatic heterocycles. The maximum absolute atomic E-state index is 13.1. The van der Waals surface area contributed by atoms with Crippen LogP contribution in [0.1, 0.15) is 42.4 Å². The molecule has 0 radical (unpaired) electrons. The molecule has 0 aliphatic carbocycles. The predicted octanol–water partition coefficient (Wildman–Crippen LogP) is 6.25. The van der Waals surface area contributed by atoms with E-state index >= 15 is 0 Å². The zero-order chi connectivity index (χ0) is 22.0. The Morgan fingerprint density at radius 1 is 1.10 bits per heavy atom. The van der Waals surface area contributed by atoms with Crippen molar-refractivity contribution in [3.8, 4) is 0 Å². The summed E-state index contributed by atoms with van der Waals surface area (Å²) in [6.07, 6.45) is -3.06. The van der Waals surface area contributed by atoms with Crippen molar-refractivity contribution in [1.29, 1.82) is 0 Å². The smallest absolute Gasteiger partial charge is 0.388 e. The minimum absolute atomic E-state index is 0.0173. The van der Waals surface area contributed by atoms with Crippen molar-refractivity contribution in [3.63, 3.8) is 0 Å². The number of rotatable bonds is 7. The Bertz CT molecular complexity index is 812. The van der Waals surface area contributed by atoms with Crippen LogP contribution in [-0.4, -0.2) is 13.3 Å². The topological polar surface area (TPSA) is 29.1 Å². The average molecular weight is 407 g/mol. The van der Waals surface area contributed by atoms with Crippen LogP contribution in [0.5, 0.6) is 0 Å². The largest absolute Gasteiger partial charge is 0.416 e. The summed E-state index contributed by atoms with van der Waals surface area (Å²) in [5, 5.41) is 2.92. The van der Waals surface area contributed by atoms with Crippen LogP contribution in [0.25, 0.3) is 0 Å². The quantitative estimate of drug-likeness (QED) is 0.334. The van der Waals surface area contributed by atoms with Gasteiger partial charge in [-0.1, -0.05) is 50.4 Å². The number of benzene rings is 2. The molecule has 1 N–H and O–H groups in total. The van der Waals surface area contributed by atoms with Crippen molar-refractivity contribution < 1.29 is 22.4 Å². The molecule has 0 fully saturated rings. The van der Waals surface area contributed by atoms with E-state index in [1.807, 2.05) is 7.05 Å².